The molecule has 2 aromatic carbocycles. The van der Waals surface area contributed by atoms with Crippen LogP contribution in [0.2, 0.25) is 0 Å². The van der Waals surface area contributed by atoms with Gasteiger partial charge in [-0.1, -0.05) is 30.0 Å². The van der Waals surface area contributed by atoms with Gasteiger partial charge in [0, 0.05) is 24.1 Å². The van der Waals surface area contributed by atoms with E-state index in [2.05, 4.69) is 4.98 Å². The number of carbonyl (C=O) groups is 2. The van der Waals surface area contributed by atoms with Gasteiger partial charge in [0.1, 0.15) is 0 Å². The van der Waals surface area contributed by atoms with Crippen molar-refractivity contribution in [3.8, 4) is 0 Å². The van der Waals surface area contributed by atoms with E-state index in [0.29, 0.717) is 22.5 Å². The van der Waals surface area contributed by atoms with E-state index in [-0.39, 0.29) is 16.7 Å². The minimum Gasteiger partial charge on any atom is -0.293 e. The van der Waals surface area contributed by atoms with Crippen LogP contribution in [0.25, 0.3) is 10.9 Å². The van der Waals surface area contributed by atoms with Gasteiger partial charge in [-0.3, -0.25) is 19.1 Å². The maximum absolute atomic E-state index is 12.1. The SMILES string of the molecule is CC(=O)SCC(=O)c1ccc(N(c2cccc3cccnc23)S(=O)O)cc1. The molecule has 0 fully saturated rings. The lowest BCUT2D eigenvalue weighted by atomic mass is 10.1. The van der Waals surface area contributed by atoms with Crippen molar-refractivity contribution in [1.29, 1.82) is 0 Å². The Morgan fingerprint density at radius 2 is 1.81 bits per heavy atom. The monoisotopic (exact) mass is 400 g/mol. The second-order valence-electron chi connectivity index (χ2n) is 5.63. The number of para-hydroxylation sites is 1. The topological polar surface area (TPSA) is 87.6 Å². The van der Waals surface area contributed by atoms with Crippen molar-refractivity contribution < 1.29 is 18.4 Å². The highest BCUT2D eigenvalue weighted by Gasteiger charge is 2.19. The van der Waals surface area contributed by atoms with Crippen LogP contribution in [-0.2, 0) is 16.1 Å². The molecule has 1 aromatic heterocycles. The summed E-state index contributed by atoms with van der Waals surface area (Å²) in [6.45, 7) is 1.41. The molecule has 0 aliphatic rings. The number of nitrogens with zero attached hydrogens (tertiary/aromatic N) is 2. The number of hydrogen-bond acceptors (Lipinski definition) is 5. The normalized spacial score (nSPS) is 11.9. The summed E-state index contributed by atoms with van der Waals surface area (Å²) in [6.07, 6.45) is 1.62. The highest BCUT2D eigenvalue weighted by molar-refractivity contribution is 8.14. The zero-order valence-electron chi connectivity index (χ0n) is 14.4. The van der Waals surface area contributed by atoms with Crippen molar-refractivity contribution in [2.75, 3.05) is 10.1 Å². The standard InChI is InChI=1S/C19H16N2O4S2/c1-13(22)26-12-18(23)14-7-9-16(10-8-14)21(27(24)25)17-6-2-4-15-5-3-11-20-19(15)17/h2-11H,12H2,1H3,(H,24,25). The number of fused-ring (bicyclic) bond motifs is 1. The predicted octanol–water partition coefficient (Wildman–Crippen LogP) is 3.97. The number of hydrogen-bond donors (Lipinski definition) is 1. The summed E-state index contributed by atoms with van der Waals surface area (Å²) in [5.41, 5.74) is 1.97. The number of carbonyl (C=O) groups excluding carboxylic acids is 2. The quantitative estimate of drug-likeness (QED) is 0.498. The molecular weight excluding hydrogens is 384 g/mol. The minimum absolute atomic E-state index is 0.0670. The molecule has 3 aromatic rings. The van der Waals surface area contributed by atoms with E-state index in [1.807, 2.05) is 12.1 Å². The lowest BCUT2D eigenvalue weighted by molar-refractivity contribution is -0.109. The van der Waals surface area contributed by atoms with Crippen LogP contribution < -0.4 is 4.31 Å². The summed E-state index contributed by atoms with van der Waals surface area (Å²) in [5, 5.41) is 0.726. The molecule has 0 amide bonds. The number of rotatable bonds is 6. The highest BCUT2D eigenvalue weighted by Crippen LogP contribution is 2.32. The first-order chi connectivity index (χ1) is 13.0. The van der Waals surface area contributed by atoms with Crippen molar-refractivity contribution in [3.05, 3.63) is 66.4 Å². The predicted molar refractivity (Wildman–Crippen MR) is 109 cm³/mol. The van der Waals surface area contributed by atoms with Gasteiger partial charge in [0.25, 0.3) is 11.3 Å². The number of benzene rings is 2. The smallest absolute Gasteiger partial charge is 0.266 e. The Hall–Kier alpha value is -2.55. The molecule has 1 unspecified atom stereocenters. The Kier molecular flexibility index (Phi) is 6.00. The van der Waals surface area contributed by atoms with Crippen LogP contribution in [0.5, 0.6) is 0 Å². The van der Waals surface area contributed by atoms with E-state index in [1.165, 1.54) is 11.2 Å². The molecule has 138 valence electrons. The molecule has 27 heavy (non-hydrogen) atoms. The third-order valence-electron chi connectivity index (χ3n) is 3.82. The molecule has 1 heterocycles. The third kappa shape index (κ3) is 4.41. The molecule has 1 N–H and O–H groups in total. The maximum Gasteiger partial charge on any atom is 0.266 e. The van der Waals surface area contributed by atoms with Gasteiger partial charge in [0.05, 0.1) is 22.6 Å². The lowest BCUT2D eigenvalue weighted by Crippen LogP contribution is -2.20. The van der Waals surface area contributed by atoms with Crippen molar-refractivity contribution in [1.82, 2.24) is 4.98 Å². The average molecular weight is 400 g/mol. The summed E-state index contributed by atoms with van der Waals surface area (Å²) in [5.74, 6) is -0.109. The number of anilines is 2. The van der Waals surface area contributed by atoms with Gasteiger partial charge in [-0.25, -0.2) is 8.51 Å². The molecule has 0 radical (unpaired) electrons. The lowest BCUT2D eigenvalue weighted by Gasteiger charge is -2.21. The van der Waals surface area contributed by atoms with Gasteiger partial charge in [-0.15, -0.1) is 0 Å². The Balaban J connectivity index is 1.95. The zero-order valence-corrected chi connectivity index (χ0v) is 16.0. The van der Waals surface area contributed by atoms with Gasteiger partial charge in [0.15, 0.2) is 10.9 Å². The average Bonchev–Trinajstić information content (AvgIpc) is 2.67. The van der Waals surface area contributed by atoms with Crippen molar-refractivity contribution >= 4 is 56.2 Å². The highest BCUT2D eigenvalue weighted by atomic mass is 32.2. The Morgan fingerprint density at radius 3 is 2.48 bits per heavy atom. The number of pyridine rings is 1. The van der Waals surface area contributed by atoms with E-state index in [4.69, 9.17) is 0 Å². The number of aromatic nitrogens is 1. The van der Waals surface area contributed by atoms with E-state index >= 15 is 0 Å². The van der Waals surface area contributed by atoms with Crippen molar-refractivity contribution in [3.63, 3.8) is 0 Å². The zero-order chi connectivity index (χ0) is 19.4. The Morgan fingerprint density at radius 1 is 1.11 bits per heavy atom. The van der Waals surface area contributed by atoms with Gasteiger partial charge in [-0.05, 0) is 36.4 Å². The molecule has 1 atom stereocenters. The first-order valence-corrected chi connectivity index (χ1v) is 10.0. The number of ketones is 1. The summed E-state index contributed by atoms with van der Waals surface area (Å²) in [4.78, 5) is 27.4. The van der Waals surface area contributed by atoms with E-state index in [0.717, 1.165) is 17.1 Å². The maximum atomic E-state index is 12.1. The molecule has 3 rings (SSSR count). The minimum atomic E-state index is -2.33. The fourth-order valence-electron chi connectivity index (χ4n) is 2.60. The molecule has 0 aliphatic heterocycles. The fourth-order valence-corrected chi connectivity index (χ4v) is 3.72. The fraction of sp³-hybridized carbons (Fsp3) is 0.105. The summed E-state index contributed by atoms with van der Waals surface area (Å²) in [7, 11) is 0. The van der Waals surface area contributed by atoms with Crippen LogP contribution in [0.4, 0.5) is 11.4 Å². The van der Waals surface area contributed by atoms with Crippen LogP contribution in [0.3, 0.4) is 0 Å². The van der Waals surface area contributed by atoms with Crippen LogP contribution in [0.1, 0.15) is 17.3 Å². The summed E-state index contributed by atoms with van der Waals surface area (Å²) in [6, 6.07) is 15.4. The van der Waals surface area contributed by atoms with Gasteiger partial charge in [0.2, 0.25) is 0 Å². The second-order valence-corrected chi connectivity index (χ2v) is 7.61. The molecule has 6 nitrogen and oxygen atoms in total. The first-order valence-electron chi connectivity index (χ1n) is 7.99. The van der Waals surface area contributed by atoms with Crippen molar-refractivity contribution in [2.24, 2.45) is 0 Å². The third-order valence-corrected chi connectivity index (χ3v) is 5.35. The second kappa shape index (κ2) is 8.43. The molecule has 0 saturated heterocycles. The summed E-state index contributed by atoms with van der Waals surface area (Å²) < 4.78 is 23.2. The molecule has 0 bridgehead atoms. The van der Waals surface area contributed by atoms with Crippen LogP contribution in [0, 0.1) is 0 Å². The van der Waals surface area contributed by atoms with E-state index < -0.39 is 11.3 Å². The molecule has 0 aliphatic carbocycles. The molecule has 0 spiro atoms. The molecule has 0 saturated carbocycles. The van der Waals surface area contributed by atoms with Crippen LogP contribution in [-0.4, -0.2) is 30.4 Å². The largest absolute Gasteiger partial charge is 0.293 e. The molecular formula is C19H16N2O4S2. The van der Waals surface area contributed by atoms with E-state index in [9.17, 15) is 18.4 Å². The summed E-state index contributed by atoms with van der Waals surface area (Å²) >= 11 is -1.38. The Labute approximate surface area is 163 Å². The molecule has 8 heteroatoms. The van der Waals surface area contributed by atoms with Gasteiger partial charge in [-0.2, -0.15) is 0 Å². The van der Waals surface area contributed by atoms with Crippen molar-refractivity contribution in [2.45, 2.75) is 6.92 Å². The van der Waals surface area contributed by atoms with Crippen LogP contribution in [0.15, 0.2) is 60.8 Å². The van der Waals surface area contributed by atoms with Gasteiger partial charge < -0.3 is 0 Å². The first kappa shape index (κ1) is 19.2. The number of Topliss-reactive ketones (excluding diaryl/α,β-unsaturated/α-hetero) is 1. The van der Waals surface area contributed by atoms with E-state index in [1.54, 1.807) is 48.7 Å². The Bertz CT molecular complexity index is 1020. The van der Waals surface area contributed by atoms with Gasteiger partial charge >= 0.3 is 0 Å². The van der Waals surface area contributed by atoms with Crippen LogP contribution >= 0.6 is 11.8 Å². The number of thioether (sulfide) groups is 1.